The zero-order valence-corrected chi connectivity index (χ0v) is 80.2. The van der Waals surface area contributed by atoms with Gasteiger partial charge in [0, 0.05) is 109 Å². The van der Waals surface area contributed by atoms with Crippen LogP contribution in [0.2, 0.25) is 0 Å². The van der Waals surface area contributed by atoms with Crippen LogP contribution in [0.4, 0.5) is 0 Å². The van der Waals surface area contributed by atoms with Crippen molar-refractivity contribution in [2.24, 2.45) is 0 Å². The topological polar surface area (TPSA) is 195 Å². The highest BCUT2D eigenvalue weighted by Crippen LogP contribution is 2.46. The molecule has 0 saturated heterocycles. The van der Waals surface area contributed by atoms with Crippen LogP contribution in [0.15, 0.2) is 518 Å². The minimum Gasteiger partial charge on any atom is -0.456 e. The quantitative estimate of drug-likeness (QED) is 0.0939. The van der Waals surface area contributed by atoms with Crippen LogP contribution in [0, 0.1) is 0 Å². The minimum atomic E-state index is 0.551. The van der Waals surface area contributed by atoms with Crippen molar-refractivity contribution in [2.45, 2.75) is 0 Å². The van der Waals surface area contributed by atoms with E-state index in [-0.39, 0.29) is 0 Å². The largest absolute Gasteiger partial charge is 0.456 e. The van der Waals surface area contributed by atoms with Gasteiger partial charge in [-0.1, -0.05) is 406 Å². The molecule has 0 bridgehead atoms. The van der Waals surface area contributed by atoms with E-state index >= 15 is 0 Å². The smallest absolute Gasteiger partial charge is 0.167 e. The molecule has 150 heavy (non-hydrogen) atoms. The van der Waals surface area contributed by atoms with Crippen LogP contribution in [0.3, 0.4) is 0 Å². The number of rotatable bonds is 15. The van der Waals surface area contributed by atoms with Crippen molar-refractivity contribution in [1.29, 1.82) is 0 Å². The lowest BCUT2D eigenvalue weighted by atomic mass is 9.98. The Labute approximate surface area is 857 Å². The highest BCUT2D eigenvalue weighted by Gasteiger charge is 2.26. The Hall–Kier alpha value is -20.6. The first kappa shape index (κ1) is 87.3. The molecule has 0 N–H and O–H groups in total. The van der Waals surface area contributed by atoms with Crippen LogP contribution in [-0.2, 0) is 0 Å². The first-order valence-corrected chi connectivity index (χ1v) is 49.8. The van der Waals surface area contributed by atoms with Crippen LogP contribution < -0.4 is 0 Å². The number of fused-ring (bicyclic) bond motifs is 18. The number of aromatic nitrogens is 9. The van der Waals surface area contributed by atoms with Gasteiger partial charge in [-0.15, -0.1) is 0 Å². The van der Waals surface area contributed by atoms with E-state index in [2.05, 4.69) is 303 Å². The number of hydrogen-bond acceptors (Lipinski definition) is 15. The molecule has 0 saturated carbocycles. The van der Waals surface area contributed by atoms with E-state index in [1.807, 2.05) is 188 Å². The molecule has 0 atom stereocenters. The van der Waals surface area contributed by atoms with E-state index in [0.29, 0.717) is 52.4 Å². The van der Waals surface area contributed by atoms with Gasteiger partial charge in [-0.25, -0.2) is 44.9 Å². The normalized spacial score (nSPS) is 11.6. The molecule has 15 nitrogen and oxygen atoms in total. The average molecular weight is 1930 g/mol. The highest BCUT2D eigenvalue weighted by molar-refractivity contribution is 6.17. The summed E-state index contributed by atoms with van der Waals surface area (Å²) in [6.07, 6.45) is 0. The van der Waals surface area contributed by atoms with Gasteiger partial charge in [-0.2, -0.15) is 0 Å². The van der Waals surface area contributed by atoms with Crippen LogP contribution in [0.5, 0.6) is 0 Å². The number of nitrogens with zero attached hydrogens (tertiary/aromatic N) is 9. The van der Waals surface area contributed by atoms with Crippen molar-refractivity contribution in [1.82, 2.24) is 44.9 Å². The third-order valence-corrected chi connectivity index (χ3v) is 28.1. The predicted octanol–water partition coefficient (Wildman–Crippen LogP) is 36.0. The van der Waals surface area contributed by atoms with Crippen molar-refractivity contribution in [2.75, 3.05) is 0 Å². The van der Waals surface area contributed by atoms with Gasteiger partial charge < -0.3 is 26.5 Å². The molecule has 702 valence electrons. The second kappa shape index (κ2) is 37.0. The van der Waals surface area contributed by atoms with Gasteiger partial charge in [0.05, 0.1) is 5.56 Å². The Kier molecular flexibility index (Phi) is 21.5. The fourth-order valence-corrected chi connectivity index (χ4v) is 20.8. The molecule has 0 aliphatic heterocycles. The maximum absolute atomic E-state index is 6.43. The molecule has 21 aromatic carbocycles. The monoisotopic (exact) mass is 1920 g/mol. The number of benzene rings is 21. The summed E-state index contributed by atoms with van der Waals surface area (Å²) in [5.74, 6) is 5.30. The maximum Gasteiger partial charge on any atom is 0.167 e. The third kappa shape index (κ3) is 16.0. The molecular weight excluding hydrogens is 1840 g/mol. The van der Waals surface area contributed by atoms with Gasteiger partial charge in [-0.05, 0) is 152 Å². The van der Waals surface area contributed by atoms with E-state index in [9.17, 15) is 0 Å². The summed E-state index contributed by atoms with van der Waals surface area (Å²) in [7, 11) is 0. The second-order valence-electron chi connectivity index (χ2n) is 37.2. The van der Waals surface area contributed by atoms with Crippen molar-refractivity contribution < 1.29 is 26.5 Å². The molecule has 0 fully saturated rings. The summed E-state index contributed by atoms with van der Waals surface area (Å²) in [6.45, 7) is 0. The van der Waals surface area contributed by atoms with E-state index in [0.717, 1.165) is 248 Å². The van der Waals surface area contributed by atoms with Crippen LogP contribution >= 0.6 is 0 Å². The average Bonchev–Trinajstić information content (AvgIpc) is 1.58. The lowest BCUT2D eigenvalue weighted by molar-refractivity contribution is 0.668. The van der Waals surface area contributed by atoms with Crippen LogP contribution in [0.25, 0.3) is 301 Å². The van der Waals surface area contributed by atoms with Gasteiger partial charge >= 0.3 is 0 Å². The number of hydrogen-bond donors (Lipinski definition) is 0. The molecule has 9 heterocycles. The molecule has 15 heteroatoms. The van der Waals surface area contributed by atoms with E-state index < -0.39 is 0 Å². The third-order valence-electron chi connectivity index (χ3n) is 28.1. The summed E-state index contributed by atoms with van der Waals surface area (Å²) in [4.78, 5) is 45.6. The number of para-hydroxylation sites is 7. The molecule has 0 aliphatic carbocycles. The molecule has 0 amide bonds. The summed E-state index contributed by atoms with van der Waals surface area (Å²) in [6, 6.07) is 167. The molecule has 0 spiro atoms. The first-order valence-electron chi connectivity index (χ1n) is 49.8. The fourth-order valence-electron chi connectivity index (χ4n) is 20.8. The van der Waals surface area contributed by atoms with Gasteiger partial charge in [-0.3, -0.25) is 0 Å². The van der Waals surface area contributed by atoms with Gasteiger partial charge in [0.15, 0.2) is 52.4 Å². The molecule has 30 rings (SSSR count). The van der Waals surface area contributed by atoms with E-state index in [1.54, 1.807) is 0 Å². The zero-order chi connectivity index (χ0) is 99.1. The van der Waals surface area contributed by atoms with Crippen LogP contribution in [0.1, 0.15) is 0 Å². The Morgan fingerprint density at radius 3 is 0.707 bits per heavy atom. The summed E-state index contributed by atoms with van der Waals surface area (Å²) in [5, 5.41) is 12.9. The number of furan rings is 6. The molecule has 9 aromatic heterocycles. The summed E-state index contributed by atoms with van der Waals surface area (Å²) >= 11 is 0. The lowest BCUT2D eigenvalue weighted by Crippen LogP contribution is -2.00. The molecule has 0 radical (unpaired) electrons. The maximum atomic E-state index is 6.43. The van der Waals surface area contributed by atoms with Gasteiger partial charge in [0.1, 0.15) is 67.0 Å². The molecule has 30 aromatic rings. The first-order chi connectivity index (χ1) is 74.3. The van der Waals surface area contributed by atoms with Crippen molar-refractivity contribution in [3.8, 4) is 169 Å². The van der Waals surface area contributed by atoms with E-state index in [1.165, 1.54) is 0 Å². The van der Waals surface area contributed by atoms with Crippen molar-refractivity contribution in [3.63, 3.8) is 0 Å². The fraction of sp³-hybridized carbons (Fsp3) is 0. The SMILES string of the molecule is c1ccc(-c2ccc(-c3nc(-c4ccc(-c5cccc6oc7ccccc7c56)cc4)nc(-c4ccc5c(c4)oc4ccccc45)n3)cc2)cc1.c1ccc(-c2ccc(-c3nc(-c4ccc(-c5cccc6oc7ccccc7c56)cc4)nc(-c4cccc5oc6ccccc6c45)n3)cc2)cc1.c1ccc(-c2ccc(-c3nc(-c4cccc(-c5cccc6oc7ccccc7c56)c4)nc(-c4cccc5c4oc4ccccc45)n3)cc2)cc1. The second-order valence-corrected chi connectivity index (χ2v) is 37.2. The Morgan fingerprint density at radius 1 is 0.107 bits per heavy atom. The zero-order valence-electron chi connectivity index (χ0n) is 80.2. The van der Waals surface area contributed by atoms with Gasteiger partial charge in [0.2, 0.25) is 0 Å². The molecule has 0 aliphatic rings. The molecule has 0 unspecified atom stereocenters. The van der Waals surface area contributed by atoms with Gasteiger partial charge in [0.25, 0.3) is 0 Å². The highest BCUT2D eigenvalue weighted by atomic mass is 16.3. The van der Waals surface area contributed by atoms with E-state index in [4.69, 9.17) is 71.4 Å². The Balaban J connectivity index is 0.000000108. The minimum absolute atomic E-state index is 0.551. The standard InChI is InChI=1S/3C45H27N3O2/c1-2-11-28(12-3-1)29-23-25-30(26-24-29)43-46-44(48-45(47-43)37-19-9-18-35-34-15-4-6-20-38(34)50-42(35)37)32-14-8-13-31(27-32)33-17-10-22-40-41(33)36-16-5-7-21-39(36)49-40;1-2-10-28(11-3-1)29-20-24-31(25-21-29)43-46-44(48-45(47-43)36-15-9-19-40-42(36)35-13-5-7-17-38(35)50-40)32-26-22-30(23-27-32)33-14-8-18-39-41(33)34-12-4-6-16-37(34)49-39;1-2-9-28(10-3-1)29-17-21-31(22-18-29)43-46-44(48-45(47-43)33-25-26-36-35-11-4-6-14-38(35)50-41(36)27-33)32-23-19-30(20-24-32)34-13-8-16-40-42(34)37-12-5-7-15-39(37)49-40/h3*1-27H. The van der Waals surface area contributed by atoms with Crippen molar-refractivity contribution in [3.05, 3.63) is 491 Å². The van der Waals surface area contributed by atoms with Crippen LogP contribution in [-0.4, -0.2) is 44.9 Å². The predicted molar refractivity (Wildman–Crippen MR) is 605 cm³/mol. The summed E-state index contributed by atoms with van der Waals surface area (Å²) < 4.78 is 37.4. The summed E-state index contributed by atoms with van der Waals surface area (Å²) in [5.41, 5.74) is 31.5. The Morgan fingerprint density at radius 2 is 0.320 bits per heavy atom. The lowest BCUT2D eigenvalue weighted by Gasteiger charge is -2.11. The molecular formula is C135H81N9O6. The Bertz CT molecular complexity index is 10500. The van der Waals surface area contributed by atoms with Crippen molar-refractivity contribution >= 4 is 132 Å².